The topological polar surface area (TPSA) is 114 Å². The minimum atomic E-state index is -0.547. The largest absolute Gasteiger partial charge is 0.322 e. The van der Waals surface area contributed by atoms with E-state index in [1.807, 2.05) is 30.3 Å². The Labute approximate surface area is 197 Å². The van der Waals surface area contributed by atoms with Gasteiger partial charge in [-0.2, -0.15) is 0 Å². The summed E-state index contributed by atoms with van der Waals surface area (Å²) in [5.74, 6) is -0.632. The summed E-state index contributed by atoms with van der Waals surface area (Å²) in [6.45, 7) is 1.79. The molecule has 1 aromatic heterocycles. The van der Waals surface area contributed by atoms with E-state index in [1.54, 1.807) is 25.1 Å². The van der Waals surface area contributed by atoms with E-state index >= 15 is 0 Å². The molecule has 166 valence electrons. The van der Waals surface area contributed by atoms with Crippen LogP contribution in [-0.2, 0) is 4.79 Å². The van der Waals surface area contributed by atoms with Crippen molar-refractivity contribution in [1.29, 1.82) is 0 Å². The van der Waals surface area contributed by atoms with Crippen LogP contribution in [-0.4, -0.2) is 27.0 Å². The van der Waals surface area contributed by atoms with Crippen LogP contribution < -0.4 is 10.6 Å². The minimum Gasteiger partial charge on any atom is -0.322 e. The lowest BCUT2D eigenvalue weighted by molar-refractivity contribution is -0.384. The first kappa shape index (κ1) is 22.4. The molecule has 2 N–H and O–H groups in total. The summed E-state index contributed by atoms with van der Waals surface area (Å²) < 4.78 is 1.00. The van der Waals surface area contributed by atoms with E-state index in [1.165, 1.54) is 47.4 Å². The number of nitro groups is 1. The number of thioether (sulfide) groups is 1. The van der Waals surface area contributed by atoms with Crippen LogP contribution in [0.2, 0.25) is 0 Å². The normalized spacial score (nSPS) is 11.7. The highest BCUT2D eigenvalue weighted by Gasteiger charge is 2.17. The van der Waals surface area contributed by atoms with Crippen molar-refractivity contribution in [3.05, 3.63) is 88.5 Å². The van der Waals surface area contributed by atoms with Gasteiger partial charge in [-0.3, -0.25) is 19.7 Å². The van der Waals surface area contributed by atoms with Crippen LogP contribution in [0.5, 0.6) is 0 Å². The van der Waals surface area contributed by atoms with Gasteiger partial charge in [0.1, 0.15) is 0 Å². The maximum atomic E-state index is 12.6. The van der Waals surface area contributed by atoms with E-state index < -0.39 is 16.1 Å². The number of fused-ring (bicyclic) bond motifs is 1. The van der Waals surface area contributed by atoms with Gasteiger partial charge in [0.15, 0.2) is 5.13 Å². The molecule has 4 aromatic rings. The second kappa shape index (κ2) is 9.80. The van der Waals surface area contributed by atoms with Gasteiger partial charge >= 0.3 is 0 Å². The van der Waals surface area contributed by atoms with Crippen molar-refractivity contribution in [2.24, 2.45) is 0 Å². The molecule has 4 rings (SSSR count). The highest BCUT2D eigenvalue weighted by atomic mass is 32.2. The van der Waals surface area contributed by atoms with Crippen LogP contribution in [0.25, 0.3) is 10.2 Å². The number of non-ortho nitro benzene ring substituents is 1. The number of anilines is 2. The Hall–Kier alpha value is -3.76. The molecule has 8 nitrogen and oxygen atoms in total. The summed E-state index contributed by atoms with van der Waals surface area (Å²) >= 11 is 2.76. The summed E-state index contributed by atoms with van der Waals surface area (Å²) in [6, 6.07) is 20.3. The van der Waals surface area contributed by atoms with E-state index in [0.29, 0.717) is 10.8 Å². The van der Waals surface area contributed by atoms with E-state index in [9.17, 15) is 19.7 Å². The standard InChI is InChI=1S/C23H18N4O4S2/c1-14(21(28)26-23-25-19-10-2-3-11-20(19)33-23)32-18-9-5-7-16(13-18)24-22(29)15-6-4-8-17(12-15)27(30)31/h2-14H,1H3,(H,24,29)(H,25,26,28). The molecule has 1 heterocycles. The van der Waals surface area contributed by atoms with Gasteiger partial charge in [-0.25, -0.2) is 4.98 Å². The molecule has 1 unspecified atom stereocenters. The molecule has 10 heteroatoms. The Morgan fingerprint density at radius 2 is 1.82 bits per heavy atom. The molecule has 0 spiro atoms. The average molecular weight is 479 g/mol. The Balaban J connectivity index is 1.39. The Kier molecular flexibility index (Phi) is 6.66. The fraction of sp³-hybridized carbons (Fsp3) is 0.0870. The number of nitro benzene ring substituents is 1. The number of rotatable bonds is 7. The predicted octanol–water partition coefficient (Wildman–Crippen LogP) is 5.58. The van der Waals surface area contributed by atoms with Crippen LogP contribution in [0.4, 0.5) is 16.5 Å². The van der Waals surface area contributed by atoms with Crippen molar-refractivity contribution in [1.82, 2.24) is 4.98 Å². The van der Waals surface area contributed by atoms with Gasteiger partial charge in [0.2, 0.25) is 5.91 Å². The molecular weight excluding hydrogens is 460 g/mol. The van der Waals surface area contributed by atoms with Crippen molar-refractivity contribution in [3.63, 3.8) is 0 Å². The van der Waals surface area contributed by atoms with Gasteiger partial charge in [0.25, 0.3) is 11.6 Å². The van der Waals surface area contributed by atoms with Crippen molar-refractivity contribution < 1.29 is 14.5 Å². The lowest BCUT2D eigenvalue weighted by Crippen LogP contribution is -2.22. The first-order valence-corrected chi connectivity index (χ1v) is 11.6. The van der Waals surface area contributed by atoms with E-state index in [0.717, 1.165) is 15.1 Å². The van der Waals surface area contributed by atoms with Crippen LogP contribution in [0.1, 0.15) is 17.3 Å². The van der Waals surface area contributed by atoms with Gasteiger partial charge in [0.05, 0.1) is 20.4 Å². The molecule has 0 fully saturated rings. The Bertz CT molecular complexity index is 1320. The van der Waals surface area contributed by atoms with Gasteiger partial charge in [-0.15, -0.1) is 11.8 Å². The highest BCUT2D eigenvalue weighted by Crippen LogP contribution is 2.29. The molecule has 0 aliphatic carbocycles. The summed E-state index contributed by atoms with van der Waals surface area (Å²) in [4.78, 5) is 40.7. The van der Waals surface area contributed by atoms with Gasteiger partial charge < -0.3 is 10.6 Å². The number of benzene rings is 3. The monoisotopic (exact) mass is 478 g/mol. The van der Waals surface area contributed by atoms with Crippen molar-refractivity contribution in [2.75, 3.05) is 10.6 Å². The first-order chi connectivity index (χ1) is 15.9. The molecule has 3 aromatic carbocycles. The number of para-hydroxylation sites is 1. The quantitative estimate of drug-likeness (QED) is 0.204. The van der Waals surface area contributed by atoms with Crippen molar-refractivity contribution >= 4 is 61.6 Å². The van der Waals surface area contributed by atoms with Crippen LogP contribution in [0, 0.1) is 10.1 Å². The van der Waals surface area contributed by atoms with Crippen molar-refractivity contribution in [3.8, 4) is 0 Å². The zero-order valence-corrected chi connectivity index (χ0v) is 19.0. The molecule has 0 aliphatic heterocycles. The number of hydrogen-bond acceptors (Lipinski definition) is 7. The summed E-state index contributed by atoms with van der Waals surface area (Å²) in [5, 5.41) is 16.7. The molecule has 0 saturated carbocycles. The fourth-order valence-corrected chi connectivity index (χ4v) is 4.80. The molecule has 1 atom stereocenters. The lowest BCUT2D eigenvalue weighted by Gasteiger charge is -2.12. The molecular formula is C23H18N4O4S2. The Morgan fingerprint density at radius 1 is 1.03 bits per heavy atom. The number of nitrogens with zero attached hydrogens (tertiary/aromatic N) is 2. The number of carbonyl (C=O) groups excluding carboxylic acids is 2. The second-order valence-electron chi connectivity index (χ2n) is 7.03. The summed E-state index contributed by atoms with van der Waals surface area (Å²) in [5.41, 5.74) is 1.39. The minimum absolute atomic E-state index is 0.153. The number of carbonyl (C=O) groups is 2. The number of thiazole rings is 1. The number of aromatic nitrogens is 1. The zero-order chi connectivity index (χ0) is 23.4. The lowest BCUT2D eigenvalue weighted by atomic mass is 10.2. The summed E-state index contributed by atoms with van der Waals surface area (Å²) in [7, 11) is 0. The van der Waals surface area contributed by atoms with Crippen molar-refractivity contribution in [2.45, 2.75) is 17.1 Å². The molecule has 0 aliphatic rings. The molecule has 33 heavy (non-hydrogen) atoms. The van der Waals surface area contributed by atoms with E-state index in [4.69, 9.17) is 0 Å². The zero-order valence-electron chi connectivity index (χ0n) is 17.3. The molecule has 0 radical (unpaired) electrons. The third kappa shape index (κ3) is 5.54. The van der Waals surface area contributed by atoms with E-state index in [2.05, 4.69) is 15.6 Å². The number of amides is 2. The molecule has 0 bridgehead atoms. The summed E-state index contributed by atoms with van der Waals surface area (Å²) in [6.07, 6.45) is 0. The molecule has 0 saturated heterocycles. The van der Waals surface area contributed by atoms with Gasteiger partial charge in [-0.1, -0.05) is 35.6 Å². The maximum absolute atomic E-state index is 12.6. The fourth-order valence-electron chi connectivity index (χ4n) is 3.00. The second-order valence-corrected chi connectivity index (χ2v) is 9.47. The van der Waals surface area contributed by atoms with Gasteiger partial charge in [-0.05, 0) is 43.3 Å². The van der Waals surface area contributed by atoms with Crippen LogP contribution >= 0.6 is 23.1 Å². The SMILES string of the molecule is CC(Sc1cccc(NC(=O)c2cccc([N+](=O)[O-])c2)c1)C(=O)Nc1nc2ccccc2s1. The Morgan fingerprint density at radius 3 is 2.61 bits per heavy atom. The predicted molar refractivity (Wildman–Crippen MR) is 131 cm³/mol. The van der Waals surface area contributed by atoms with E-state index in [-0.39, 0.29) is 17.2 Å². The number of hydrogen-bond donors (Lipinski definition) is 2. The third-order valence-corrected chi connectivity index (χ3v) is 6.66. The van der Waals surface area contributed by atoms with Crippen LogP contribution in [0.3, 0.4) is 0 Å². The van der Waals surface area contributed by atoms with Crippen LogP contribution in [0.15, 0.2) is 77.7 Å². The average Bonchev–Trinajstić information content (AvgIpc) is 3.21. The molecule has 2 amide bonds. The first-order valence-electron chi connectivity index (χ1n) is 9.88. The third-order valence-electron chi connectivity index (χ3n) is 4.62. The smallest absolute Gasteiger partial charge is 0.270 e. The number of nitrogens with one attached hydrogen (secondary N) is 2. The highest BCUT2D eigenvalue weighted by molar-refractivity contribution is 8.00. The maximum Gasteiger partial charge on any atom is 0.270 e. The van der Waals surface area contributed by atoms with Gasteiger partial charge in [0, 0.05) is 28.3 Å².